The van der Waals surface area contributed by atoms with Gasteiger partial charge in [0.25, 0.3) is 0 Å². The van der Waals surface area contributed by atoms with Crippen LogP contribution in [0.5, 0.6) is 5.75 Å². The highest BCUT2D eigenvalue weighted by Gasteiger charge is 2.20. The van der Waals surface area contributed by atoms with Gasteiger partial charge >= 0.3 is 6.09 Å². The first-order valence-electron chi connectivity index (χ1n) is 10.8. The van der Waals surface area contributed by atoms with Gasteiger partial charge in [0.1, 0.15) is 23.2 Å². The molecule has 1 heterocycles. The molecule has 1 aromatic heterocycles. The molecule has 0 radical (unpaired) electrons. The summed E-state index contributed by atoms with van der Waals surface area (Å²) < 4.78 is 50.0. The second-order valence-corrected chi connectivity index (χ2v) is 8.12. The summed E-state index contributed by atoms with van der Waals surface area (Å²) in [6.45, 7) is 4.68. The largest absolute Gasteiger partial charge is 0.415 e. The van der Waals surface area contributed by atoms with Crippen LogP contribution in [0.25, 0.3) is 22.0 Å². The van der Waals surface area contributed by atoms with Gasteiger partial charge < -0.3 is 14.2 Å². The lowest BCUT2D eigenvalue weighted by atomic mass is 10.00. The smallest absolute Gasteiger partial charge is 0.410 e. The Kier molecular flexibility index (Phi) is 6.84. The summed E-state index contributed by atoms with van der Waals surface area (Å²) in [4.78, 5) is 14.1. The number of nitrogens with zero attached hydrogens (tertiary/aromatic N) is 2. The zero-order valence-corrected chi connectivity index (χ0v) is 19.4. The summed E-state index contributed by atoms with van der Waals surface area (Å²) in [7, 11) is 0. The van der Waals surface area contributed by atoms with E-state index in [0.717, 1.165) is 6.07 Å². The highest BCUT2D eigenvalue weighted by Crippen LogP contribution is 2.39. The number of hydrogen-bond acceptors (Lipinski definition) is 2. The number of rotatable bonds is 6. The third-order valence-corrected chi connectivity index (χ3v) is 6.03. The Balaban J connectivity index is 1.87. The molecule has 0 N–H and O–H groups in total. The zero-order valence-electron chi connectivity index (χ0n) is 18.6. The summed E-state index contributed by atoms with van der Waals surface area (Å²) >= 11 is 6.20. The monoisotopic (exact) mass is 486 g/mol. The molecule has 4 aromatic rings. The molecule has 0 unspecified atom stereocenters. The van der Waals surface area contributed by atoms with Crippen LogP contribution in [0.2, 0.25) is 5.02 Å². The molecule has 0 saturated carbocycles. The van der Waals surface area contributed by atoms with E-state index in [4.69, 9.17) is 16.3 Å². The fourth-order valence-corrected chi connectivity index (χ4v) is 4.19. The second-order valence-electron chi connectivity index (χ2n) is 7.71. The fourth-order valence-electron chi connectivity index (χ4n) is 3.97. The average Bonchev–Trinajstić information content (AvgIpc) is 3.19. The molecule has 176 valence electrons. The highest BCUT2D eigenvalue weighted by molar-refractivity contribution is 6.31. The molecule has 0 spiro atoms. The predicted molar refractivity (Wildman–Crippen MR) is 127 cm³/mol. The van der Waals surface area contributed by atoms with E-state index in [-0.39, 0.29) is 17.9 Å². The lowest BCUT2D eigenvalue weighted by Gasteiger charge is -2.20. The van der Waals surface area contributed by atoms with Crippen molar-refractivity contribution in [3.05, 3.63) is 88.8 Å². The second kappa shape index (κ2) is 9.81. The molecule has 0 aliphatic carbocycles. The average molecular weight is 487 g/mol. The first-order valence-corrected chi connectivity index (χ1v) is 11.2. The van der Waals surface area contributed by atoms with Gasteiger partial charge in [-0.2, -0.15) is 0 Å². The third-order valence-electron chi connectivity index (χ3n) is 5.68. The number of carbonyl (C=O) groups is 1. The van der Waals surface area contributed by atoms with Crippen molar-refractivity contribution >= 4 is 28.6 Å². The standard InChI is InChI=1S/C26H22ClF3N2O2/c1-3-31(4-2)26(33)34-24-9-8-23-19(25(24)16-12-17(28)14-18(29)13-16)10-11-32(23)15-20-21(27)6-5-7-22(20)30/h5-14H,3-4,15H2,1-2H3. The number of benzene rings is 3. The van der Waals surface area contributed by atoms with Crippen LogP contribution in [-0.4, -0.2) is 28.6 Å². The van der Waals surface area contributed by atoms with Crippen molar-refractivity contribution in [2.45, 2.75) is 20.4 Å². The van der Waals surface area contributed by atoms with E-state index >= 15 is 0 Å². The Morgan fingerprint density at radius 2 is 1.71 bits per heavy atom. The first kappa shape index (κ1) is 23.7. The van der Waals surface area contributed by atoms with Crippen molar-refractivity contribution in [1.29, 1.82) is 0 Å². The summed E-state index contributed by atoms with van der Waals surface area (Å²) in [6, 6.07) is 12.6. The van der Waals surface area contributed by atoms with Gasteiger partial charge in [-0.1, -0.05) is 17.7 Å². The minimum Gasteiger partial charge on any atom is -0.410 e. The molecule has 0 aliphatic rings. The van der Waals surface area contributed by atoms with Gasteiger partial charge in [-0.3, -0.25) is 0 Å². The molecular formula is C26H22ClF3N2O2. The van der Waals surface area contributed by atoms with Crippen molar-refractivity contribution < 1.29 is 22.7 Å². The van der Waals surface area contributed by atoms with Gasteiger partial charge in [-0.25, -0.2) is 18.0 Å². The van der Waals surface area contributed by atoms with Crippen LogP contribution in [0, 0.1) is 17.5 Å². The van der Waals surface area contributed by atoms with Crippen LogP contribution in [0.4, 0.5) is 18.0 Å². The molecular weight excluding hydrogens is 465 g/mol. The Morgan fingerprint density at radius 1 is 1.00 bits per heavy atom. The van der Waals surface area contributed by atoms with E-state index in [1.54, 1.807) is 35.0 Å². The quantitative estimate of drug-likeness (QED) is 0.287. The summed E-state index contributed by atoms with van der Waals surface area (Å²) in [5, 5.41) is 0.876. The van der Waals surface area contributed by atoms with Crippen LogP contribution >= 0.6 is 11.6 Å². The summed E-state index contributed by atoms with van der Waals surface area (Å²) in [6.07, 6.45) is 1.16. The topological polar surface area (TPSA) is 34.5 Å². The highest BCUT2D eigenvalue weighted by atomic mass is 35.5. The maximum absolute atomic E-state index is 14.4. The molecule has 0 aliphatic heterocycles. The Hall–Kier alpha value is -3.45. The maximum atomic E-state index is 14.4. The van der Waals surface area contributed by atoms with Crippen LogP contribution in [0.3, 0.4) is 0 Å². The van der Waals surface area contributed by atoms with Gasteiger partial charge in [-0.05, 0) is 61.9 Å². The summed E-state index contributed by atoms with van der Waals surface area (Å²) in [5.74, 6) is -1.79. The van der Waals surface area contributed by atoms with E-state index in [2.05, 4.69) is 0 Å². The molecule has 0 fully saturated rings. The lowest BCUT2D eigenvalue weighted by Crippen LogP contribution is -2.33. The van der Waals surface area contributed by atoms with E-state index < -0.39 is 23.5 Å². The molecule has 1 amide bonds. The van der Waals surface area contributed by atoms with Crippen LogP contribution in [0.15, 0.2) is 60.8 Å². The normalized spacial score (nSPS) is 11.1. The Morgan fingerprint density at radius 3 is 2.35 bits per heavy atom. The number of ether oxygens (including phenoxy) is 1. The predicted octanol–water partition coefficient (Wildman–Crippen LogP) is 7.27. The molecule has 0 atom stereocenters. The van der Waals surface area contributed by atoms with E-state index in [1.807, 2.05) is 13.8 Å². The van der Waals surface area contributed by atoms with E-state index in [1.165, 1.54) is 29.2 Å². The molecule has 4 nitrogen and oxygen atoms in total. The Bertz CT molecular complexity index is 1330. The third kappa shape index (κ3) is 4.61. The number of amides is 1. The van der Waals surface area contributed by atoms with Crippen molar-refractivity contribution in [1.82, 2.24) is 9.47 Å². The number of hydrogen-bond donors (Lipinski definition) is 0. The molecule has 4 rings (SSSR count). The van der Waals surface area contributed by atoms with Gasteiger partial charge in [0.2, 0.25) is 0 Å². The molecule has 0 saturated heterocycles. The molecule has 3 aromatic carbocycles. The SMILES string of the molecule is CCN(CC)C(=O)Oc1ccc2c(ccn2Cc2c(F)cccc2Cl)c1-c1cc(F)cc(F)c1. The van der Waals surface area contributed by atoms with Crippen LogP contribution in [0.1, 0.15) is 19.4 Å². The van der Waals surface area contributed by atoms with Crippen molar-refractivity contribution in [2.75, 3.05) is 13.1 Å². The van der Waals surface area contributed by atoms with Crippen molar-refractivity contribution in [3.8, 4) is 16.9 Å². The molecule has 0 bridgehead atoms. The van der Waals surface area contributed by atoms with Gasteiger partial charge in [0.15, 0.2) is 0 Å². The van der Waals surface area contributed by atoms with Crippen molar-refractivity contribution in [2.24, 2.45) is 0 Å². The van der Waals surface area contributed by atoms with Crippen LogP contribution in [-0.2, 0) is 6.54 Å². The maximum Gasteiger partial charge on any atom is 0.415 e. The zero-order chi connectivity index (χ0) is 24.4. The number of aromatic nitrogens is 1. The minimum absolute atomic E-state index is 0.143. The number of fused-ring (bicyclic) bond motifs is 1. The van der Waals surface area contributed by atoms with Crippen molar-refractivity contribution in [3.63, 3.8) is 0 Å². The number of halogens is 4. The van der Waals surface area contributed by atoms with Crippen LogP contribution < -0.4 is 4.74 Å². The van der Waals surface area contributed by atoms with E-state index in [0.29, 0.717) is 40.1 Å². The molecule has 8 heteroatoms. The minimum atomic E-state index is -0.759. The van der Waals surface area contributed by atoms with Gasteiger partial charge in [0, 0.05) is 52.4 Å². The number of carbonyl (C=O) groups excluding carboxylic acids is 1. The van der Waals surface area contributed by atoms with Gasteiger partial charge in [-0.15, -0.1) is 0 Å². The fraction of sp³-hybridized carbons (Fsp3) is 0.192. The van der Waals surface area contributed by atoms with Gasteiger partial charge in [0.05, 0.1) is 6.54 Å². The lowest BCUT2D eigenvalue weighted by molar-refractivity contribution is 0.157. The molecule has 34 heavy (non-hydrogen) atoms. The summed E-state index contributed by atoms with van der Waals surface area (Å²) in [5.41, 5.74) is 1.54. The first-order chi connectivity index (χ1) is 16.3. The Labute approximate surface area is 200 Å². The van der Waals surface area contributed by atoms with E-state index in [9.17, 15) is 18.0 Å².